The smallest absolute Gasteiger partial charge is 0.227 e. The highest BCUT2D eigenvalue weighted by atomic mass is 35.5. The van der Waals surface area contributed by atoms with E-state index in [2.05, 4.69) is 48.3 Å². The van der Waals surface area contributed by atoms with Crippen LogP contribution in [0.3, 0.4) is 0 Å². The highest BCUT2D eigenvalue weighted by Gasteiger charge is 2.24. The monoisotopic (exact) mass is 324 g/mol. The van der Waals surface area contributed by atoms with Crippen molar-refractivity contribution in [3.05, 3.63) is 35.4 Å². The molecule has 1 heterocycles. The molecule has 1 aliphatic heterocycles. The first kappa shape index (κ1) is 19.0. The van der Waals surface area contributed by atoms with Crippen molar-refractivity contribution in [2.24, 2.45) is 0 Å². The zero-order chi connectivity index (χ0) is 15.1. The zero-order valence-corrected chi connectivity index (χ0v) is 14.6. The summed E-state index contributed by atoms with van der Waals surface area (Å²) >= 11 is 0. The molecular formula is C18H29ClN2O. The summed E-state index contributed by atoms with van der Waals surface area (Å²) in [4.78, 5) is 14.8. The van der Waals surface area contributed by atoms with E-state index < -0.39 is 0 Å². The maximum atomic E-state index is 12.7. The van der Waals surface area contributed by atoms with Crippen molar-refractivity contribution in [2.75, 3.05) is 19.6 Å². The van der Waals surface area contributed by atoms with Gasteiger partial charge >= 0.3 is 0 Å². The molecule has 124 valence electrons. The number of carbonyl (C=O) groups is 1. The van der Waals surface area contributed by atoms with Crippen molar-refractivity contribution in [3.63, 3.8) is 0 Å². The predicted molar refractivity (Wildman–Crippen MR) is 94.7 cm³/mol. The molecule has 0 radical (unpaired) electrons. The van der Waals surface area contributed by atoms with Gasteiger partial charge in [-0.2, -0.15) is 0 Å². The van der Waals surface area contributed by atoms with Crippen molar-refractivity contribution < 1.29 is 4.79 Å². The topological polar surface area (TPSA) is 32.3 Å². The fraction of sp³-hybridized carbons (Fsp3) is 0.611. The second-order valence-electron chi connectivity index (χ2n) is 5.92. The third kappa shape index (κ3) is 5.29. The van der Waals surface area contributed by atoms with Crippen molar-refractivity contribution in [1.82, 2.24) is 10.2 Å². The molecule has 1 N–H and O–H groups in total. The fourth-order valence-corrected chi connectivity index (χ4v) is 3.04. The van der Waals surface area contributed by atoms with Crippen molar-refractivity contribution >= 4 is 18.3 Å². The van der Waals surface area contributed by atoms with E-state index in [9.17, 15) is 4.79 Å². The number of rotatable bonds is 6. The van der Waals surface area contributed by atoms with Crippen molar-refractivity contribution in [3.8, 4) is 0 Å². The van der Waals surface area contributed by atoms with Gasteiger partial charge in [0.15, 0.2) is 0 Å². The van der Waals surface area contributed by atoms with Crippen LogP contribution in [-0.2, 0) is 17.6 Å². The Morgan fingerprint density at radius 3 is 2.27 bits per heavy atom. The lowest BCUT2D eigenvalue weighted by Crippen LogP contribution is -2.47. The number of benzene rings is 1. The number of carbonyl (C=O) groups excluding carboxylic acids is 1. The Hall–Kier alpha value is -1.06. The molecule has 0 aliphatic carbocycles. The van der Waals surface area contributed by atoms with Crippen LogP contribution in [0.4, 0.5) is 0 Å². The van der Waals surface area contributed by atoms with E-state index in [-0.39, 0.29) is 18.3 Å². The van der Waals surface area contributed by atoms with Gasteiger partial charge in [-0.1, -0.05) is 38.1 Å². The second-order valence-corrected chi connectivity index (χ2v) is 5.92. The molecular weight excluding hydrogens is 296 g/mol. The molecule has 1 saturated heterocycles. The second kappa shape index (κ2) is 9.86. The minimum atomic E-state index is 0. The van der Waals surface area contributed by atoms with Crippen LogP contribution in [0.15, 0.2) is 24.3 Å². The van der Waals surface area contributed by atoms with Crippen LogP contribution >= 0.6 is 12.4 Å². The average Bonchev–Trinajstić information content (AvgIpc) is 2.54. The van der Waals surface area contributed by atoms with Gasteiger partial charge in [0.2, 0.25) is 5.91 Å². The fourth-order valence-electron chi connectivity index (χ4n) is 3.04. The third-order valence-electron chi connectivity index (χ3n) is 4.32. The number of piperidine rings is 1. The molecule has 0 spiro atoms. The number of hydrogen-bond acceptors (Lipinski definition) is 2. The number of amides is 1. The summed E-state index contributed by atoms with van der Waals surface area (Å²) in [6, 6.07) is 8.90. The van der Waals surface area contributed by atoms with E-state index in [1.165, 1.54) is 5.56 Å². The van der Waals surface area contributed by atoms with Gasteiger partial charge in [0, 0.05) is 12.6 Å². The number of nitrogens with one attached hydrogen (secondary N) is 1. The summed E-state index contributed by atoms with van der Waals surface area (Å²) in [5.41, 5.74) is 2.46. The summed E-state index contributed by atoms with van der Waals surface area (Å²) < 4.78 is 0. The molecule has 0 saturated carbocycles. The van der Waals surface area contributed by atoms with Gasteiger partial charge in [-0.05, 0) is 49.9 Å². The molecule has 4 heteroatoms. The van der Waals surface area contributed by atoms with E-state index in [1.54, 1.807) is 0 Å². The molecule has 1 amide bonds. The van der Waals surface area contributed by atoms with Crippen LogP contribution in [0, 0.1) is 0 Å². The predicted octanol–water partition coefficient (Wildman–Crippen LogP) is 3.20. The Labute approximate surface area is 140 Å². The lowest BCUT2D eigenvalue weighted by atomic mass is 10.0. The van der Waals surface area contributed by atoms with Gasteiger partial charge in [0.25, 0.3) is 0 Å². The molecule has 22 heavy (non-hydrogen) atoms. The van der Waals surface area contributed by atoms with Crippen molar-refractivity contribution in [2.45, 2.75) is 52.0 Å². The Morgan fingerprint density at radius 1 is 1.14 bits per heavy atom. The van der Waals surface area contributed by atoms with E-state index in [0.717, 1.165) is 50.9 Å². The molecule has 0 unspecified atom stereocenters. The Balaban J connectivity index is 0.00000242. The largest absolute Gasteiger partial charge is 0.339 e. The Kier molecular flexibility index (Phi) is 8.51. The highest BCUT2D eigenvalue weighted by molar-refractivity contribution is 5.85. The maximum absolute atomic E-state index is 12.7. The first-order valence-electron chi connectivity index (χ1n) is 8.32. The van der Waals surface area contributed by atoms with Crippen LogP contribution in [0.1, 0.15) is 44.2 Å². The molecule has 1 aromatic rings. The lowest BCUT2D eigenvalue weighted by Gasteiger charge is -2.34. The summed E-state index contributed by atoms with van der Waals surface area (Å²) in [6.45, 7) is 7.25. The summed E-state index contributed by atoms with van der Waals surface area (Å²) in [6.07, 6.45) is 4.78. The molecule has 0 aromatic heterocycles. The van der Waals surface area contributed by atoms with Crippen LogP contribution in [0.2, 0.25) is 0 Å². The molecule has 0 atom stereocenters. The first-order valence-corrected chi connectivity index (χ1v) is 8.32. The van der Waals surface area contributed by atoms with Crippen LogP contribution < -0.4 is 5.32 Å². The SMILES string of the molecule is CCCN(C(=O)Cc1ccc(CC)cc1)C1CCNCC1.Cl. The summed E-state index contributed by atoms with van der Waals surface area (Å²) in [5, 5.41) is 3.38. The Bertz CT molecular complexity index is 441. The molecule has 2 rings (SSSR count). The van der Waals surface area contributed by atoms with E-state index in [0.29, 0.717) is 12.5 Å². The number of halogens is 1. The van der Waals surface area contributed by atoms with Gasteiger partial charge in [-0.25, -0.2) is 0 Å². The minimum absolute atomic E-state index is 0. The third-order valence-corrected chi connectivity index (χ3v) is 4.32. The van der Waals surface area contributed by atoms with Gasteiger partial charge in [0.05, 0.1) is 6.42 Å². The lowest BCUT2D eigenvalue weighted by molar-refractivity contribution is -0.133. The first-order chi connectivity index (χ1) is 10.2. The highest BCUT2D eigenvalue weighted by Crippen LogP contribution is 2.15. The Morgan fingerprint density at radius 2 is 1.73 bits per heavy atom. The summed E-state index contributed by atoms with van der Waals surface area (Å²) in [5.74, 6) is 0.285. The number of aryl methyl sites for hydroxylation is 1. The van der Waals surface area contributed by atoms with Crippen LogP contribution in [0.5, 0.6) is 0 Å². The summed E-state index contributed by atoms with van der Waals surface area (Å²) in [7, 11) is 0. The van der Waals surface area contributed by atoms with Gasteiger partial charge < -0.3 is 10.2 Å². The van der Waals surface area contributed by atoms with Gasteiger partial charge in [-0.3, -0.25) is 4.79 Å². The quantitative estimate of drug-likeness (QED) is 0.871. The normalized spacial score (nSPS) is 15.2. The molecule has 0 bridgehead atoms. The molecule has 1 fully saturated rings. The van der Waals surface area contributed by atoms with Crippen LogP contribution in [0.25, 0.3) is 0 Å². The zero-order valence-electron chi connectivity index (χ0n) is 13.8. The van der Waals surface area contributed by atoms with Crippen LogP contribution in [-0.4, -0.2) is 36.5 Å². The molecule has 3 nitrogen and oxygen atoms in total. The average molecular weight is 325 g/mol. The standard InChI is InChI=1S/C18H28N2O.ClH/c1-3-13-20(17-9-11-19-12-10-17)18(21)14-16-7-5-15(4-2)6-8-16;/h5-8,17,19H,3-4,9-14H2,1-2H3;1H. The minimum Gasteiger partial charge on any atom is -0.339 e. The number of hydrogen-bond donors (Lipinski definition) is 1. The molecule has 1 aromatic carbocycles. The van der Waals surface area contributed by atoms with E-state index >= 15 is 0 Å². The number of nitrogens with zero attached hydrogens (tertiary/aromatic N) is 1. The maximum Gasteiger partial charge on any atom is 0.227 e. The van der Waals surface area contributed by atoms with E-state index in [1.807, 2.05) is 0 Å². The van der Waals surface area contributed by atoms with Gasteiger partial charge in [0.1, 0.15) is 0 Å². The van der Waals surface area contributed by atoms with E-state index in [4.69, 9.17) is 0 Å². The van der Waals surface area contributed by atoms with Crippen molar-refractivity contribution in [1.29, 1.82) is 0 Å². The van der Waals surface area contributed by atoms with Gasteiger partial charge in [-0.15, -0.1) is 12.4 Å². The molecule has 1 aliphatic rings.